The van der Waals surface area contributed by atoms with Crippen molar-refractivity contribution in [1.29, 1.82) is 0 Å². The number of nitrogens with one attached hydrogen (secondary N) is 1. The van der Waals surface area contributed by atoms with Gasteiger partial charge in [0.15, 0.2) is 11.5 Å². The Morgan fingerprint density at radius 3 is 2.62 bits per heavy atom. The number of rotatable bonds is 4. The molecule has 26 heavy (non-hydrogen) atoms. The number of hydrogen-bond donors (Lipinski definition) is 2. The monoisotopic (exact) mass is 468 g/mol. The van der Waals surface area contributed by atoms with Crippen LogP contribution >= 0.6 is 22.6 Å². The molecule has 1 saturated heterocycles. The third-order valence-electron chi connectivity index (χ3n) is 3.62. The lowest BCUT2D eigenvalue weighted by atomic mass is 10.1. The number of hydrogen-bond acceptors (Lipinski definition) is 4. The number of aromatic hydroxyl groups is 1. The molecule has 2 aromatic rings. The predicted molar refractivity (Wildman–Crippen MR) is 102 cm³/mol. The summed E-state index contributed by atoms with van der Waals surface area (Å²) in [6, 6.07) is 7.67. The number of halogens is 2. The summed E-state index contributed by atoms with van der Waals surface area (Å²) in [6.07, 6.45) is 1.49. The topological polar surface area (TPSA) is 78.9 Å². The van der Waals surface area contributed by atoms with E-state index in [0.717, 1.165) is 4.90 Å². The highest BCUT2D eigenvalue weighted by atomic mass is 127. The van der Waals surface area contributed by atoms with Crippen molar-refractivity contribution in [1.82, 2.24) is 5.32 Å². The molecule has 0 saturated carbocycles. The molecule has 1 fully saturated rings. The zero-order valence-corrected chi connectivity index (χ0v) is 15.8. The van der Waals surface area contributed by atoms with E-state index in [0.29, 0.717) is 21.5 Å². The predicted octanol–water partition coefficient (Wildman–Crippen LogP) is 3.63. The van der Waals surface area contributed by atoms with E-state index in [1.165, 1.54) is 30.3 Å². The molecule has 1 aliphatic rings. The quantitative estimate of drug-likeness (QED) is 0.408. The second-order valence-electron chi connectivity index (χ2n) is 5.39. The van der Waals surface area contributed by atoms with Gasteiger partial charge in [0.25, 0.3) is 5.91 Å². The normalized spacial score (nSPS) is 15.5. The SMILES string of the molecule is CCOc1cc(/C=C2/NC(=O)N(c3ccc(F)cc3)C2=O)cc(I)c1O. The molecule has 0 unspecified atom stereocenters. The lowest BCUT2D eigenvalue weighted by Gasteiger charge is -2.11. The molecule has 2 N–H and O–H groups in total. The van der Waals surface area contributed by atoms with E-state index in [9.17, 15) is 19.1 Å². The van der Waals surface area contributed by atoms with Gasteiger partial charge in [0.2, 0.25) is 0 Å². The Morgan fingerprint density at radius 1 is 1.27 bits per heavy atom. The molecule has 134 valence electrons. The van der Waals surface area contributed by atoms with Gasteiger partial charge in [0, 0.05) is 0 Å². The molecule has 6 nitrogen and oxygen atoms in total. The Morgan fingerprint density at radius 2 is 1.96 bits per heavy atom. The van der Waals surface area contributed by atoms with E-state index in [1.54, 1.807) is 19.1 Å². The van der Waals surface area contributed by atoms with Gasteiger partial charge < -0.3 is 15.2 Å². The Bertz CT molecular complexity index is 912. The molecule has 0 bridgehead atoms. The lowest BCUT2D eigenvalue weighted by molar-refractivity contribution is -0.113. The van der Waals surface area contributed by atoms with E-state index in [-0.39, 0.29) is 17.1 Å². The average Bonchev–Trinajstić information content (AvgIpc) is 2.87. The summed E-state index contributed by atoms with van der Waals surface area (Å²) in [4.78, 5) is 25.7. The van der Waals surface area contributed by atoms with Crippen LogP contribution in [-0.2, 0) is 4.79 Å². The average molecular weight is 468 g/mol. The summed E-state index contributed by atoms with van der Waals surface area (Å²) in [5.74, 6) is -0.705. The van der Waals surface area contributed by atoms with Crippen molar-refractivity contribution < 1.29 is 23.8 Å². The minimum absolute atomic E-state index is 0.0179. The fraction of sp³-hybridized carbons (Fsp3) is 0.111. The van der Waals surface area contributed by atoms with E-state index in [1.807, 2.05) is 22.6 Å². The summed E-state index contributed by atoms with van der Waals surface area (Å²) in [5, 5.41) is 12.5. The van der Waals surface area contributed by atoms with Crippen molar-refractivity contribution in [3.63, 3.8) is 0 Å². The Labute approximate surface area is 162 Å². The molecule has 1 heterocycles. The van der Waals surface area contributed by atoms with Crippen molar-refractivity contribution in [2.24, 2.45) is 0 Å². The zero-order chi connectivity index (χ0) is 18.8. The largest absolute Gasteiger partial charge is 0.504 e. The van der Waals surface area contributed by atoms with Crippen molar-refractivity contribution in [3.8, 4) is 11.5 Å². The number of imide groups is 1. The number of amides is 3. The maximum Gasteiger partial charge on any atom is 0.333 e. The number of phenols is 1. The summed E-state index contributed by atoms with van der Waals surface area (Å²) < 4.78 is 19.0. The number of urea groups is 1. The molecule has 0 radical (unpaired) electrons. The maximum absolute atomic E-state index is 13.1. The van der Waals surface area contributed by atoms with Crippen LogP contribution in [0.15, 0.2) is 42.1 Å². The number of ether oxygens (including phenoxy) is 1. The summed E-state index contributed by atoms with van der Waals surface area (Å²) in [7, 11) is 0. The first-order valence-corrected chi connectivity index (χ1v) is 8.76. The highest BCUT2D eigenvalue weighted by molar-refractivity contribution is 14.1. The number of carbonyl (C=O) groups excluding carboxylic acids is 2. The van der Waals surface area contributed by atoms with Gasteiger partial charge in [-0.15, -0.1) is 0 Å². The molecule has 3 amide bonds. The molecule has 0 spiro atoms. The third-order valence-corrected chi connectivity index (χ3v) is 4.45. The third kappa shape index (κ3) is 3.50. The Kier molecular flexibility index (Phi) is 5.12. The molecular formula is C18H14FIN2O4. The zero-order valence-electron chi connectivity index (χ0n) is 13.6. The first-order chi connectivity index (χ1) is 12.4. The van der Waals surface area contributed by atoms with Crippen LogP contribution in [0.1, 0.15) is 12.5 Å². The number of nitrogens with zero attached hydrogens (tertiary/aromatic N) is 1. The van der Waals surface area contributed by atoms with Gasteiger partial charge in [-0.3, -0.25) is 4.79 Å². The van der Waals surface area contributed by atoms with Crippen LogP contribution in [0, 0.1) is 9.39 Å². The first kappa shape index (κ1) is 18.2. The summed E-state index contributed by atoms with van der Waals surface area (Å²) in [6.45, 7) is 2.16. The molecule has 0 aromatic heterocycles. The van der Waals surface area contributed by atoms with Crippen LogP contribution in [0.25, 0.3) is 6.08 Å². The van der Waals surface area contributed by atoms with E-state index in [4.69, 9.17) is 4.74 Å². The van der Waals surface area contributed by atoms with E-state index < -0.39 is 17.8 Å². The van der Waals surface area contributed by atoms with Crippen LogP contribution in [0.3, 0.4) is 0 Å². The highest BCUT2D eigenvalue weighted by Gasteiger charge is 2.34. The first-order valence-electron chi connectivity index (χ1n) is 7.68. The van der Waals surface area contributed by atoms with Gasteiger partial charge in [-0.25, -0.2) is 14.1 Å². The Hall–Kier alpha value is -2.62. The van der Waals surface area contributed by atoms with Crippen molar-refractivity contribution >= 4 is 46.3 Å². The molecule has 0 aliphatic carbocycles. The smallest absolute Gasteiger partial charge is 0.333 e. The maximum atomic E-state index is 13.1. The minimum Gasteiger partial charge on any atom is -0.504 e. The molecule has 0 atom stereocenters. The van der Waals surface area contributed by atoms with Crippen molar-refractivity contribution in [2.75, 3.05) is 11.5 Å². The fourth-order valence-electron chi connectivity index (χ4n) is 2.47. The molecule has 3 rings (SSSR count). The summed E-state index contributed by atoms with van der Waals surface area (Å²) in [5.41, 5.74) is 0.927. The van der Waals surface area contributed by atoms with Crippen LogP contribution in [-0.4, -0.2) is 23.7 Å². The van der Waals surface area contributed by atoms with Gasteiger partial charge in [0.1, 0.15) is 11.5 Å². The minimum atomic E-state index is -0.619. The van der Waals surface area contributed by atoms with Gasteiger partial charge in [0.05, 0.1) is 15.9 Å². The van der Waals surface area contributed by atoms with Crippen LogP contribution in [0.2, 0.25) is 0 Å². The van der Waals surface area contributed by atoms with E-state index >= 15 is 0 Å². The number of carbonyl (C=O) groups is 2. The number of phenolic OH excluding ortho intramolecular Hbond substituents is 1. The molecular weight excluding hydrogens is 454 g/mol. The molecule has 8 heteroatoms. The number of benzene rings is 2. The second-order valence-corrected chi connectivity index (χ2v) is 6.55. The van der Waals surface area contributed by atoms with Crippen LogP contribution in [0.5, 0.6) is 11.5 Å². The lowest BCUT2D eigenvalue weighted by Crippen LogP contribution is -2.30. The summed E-state index contributed by atoms with van der Waals surface area (Å²) >= 11 is 1.95. The highest BCUT2D eigenvalue weighted by Crippen LogP contribution is 2.34. The van der Waals surface area contributed by atoms with Gasteiger partial charge in [-0.05, 0) is 77.6 Å². The van der Waals surface area contributed by atoms with E-state index in [2.05, 4.69) is 5.32 Å². The van der Waals surface area contributed by atoms with Gasteiger partial charge in [-0.1, -0.05) is 0 Å². The van der Waals surface area contributed by atoms with Crippen LogP contribution < -0.4 is 15.0 Å². The van der Waals surface area contributed by atoms with Gasteiger partial charge >= 0.3 is 6.03 Å². The fourth-order valence-corrected chi connectivity index (χ4v) is 3.09. The standard InChI is InChI=1S/C18H14FIN2O4/c1-2-26-15-9-10(7-13(20)16(15)23)8-14-17(24)22(18(25)21-14)12-5-3-11(19)4-6-12/h3-9,23H,2H2,1H3,(H,21,25)/b14-8+. The Balaban J connectivity index is 1.94. The molecule has 2 aromatic carbocycles. The second kappa shape index (κ2) is 7.32. The van der Waals surface area contributed by atoms with Crippen molar-refractivity contribution in [3.05, 3.63) is 57.0 Å². The van der Waals surface area contributed by atoms with Gasteiger partial charge in [-0.2, -0.15) is 0 Å². The van der Waals surface area contributed by atoms with Crippen molar-refractivity contribution in [2.45, 2.75) is 6.92 Å². The van der Waals surface area contributed by atoms with Crippen LogP contribution in [0.4, 0.5) is 14.9 Å². The number of anilines is 1. The molecule has 1 aliphatic heterocycles.